The van der Waals surface area contributed by atoms with Gasteiger partial charge in [0, 0.05) is 25.2 Å². The normalized spacial score (nSPS) is 19.7. The maximum absolute atomic E-state index is 12.3. The van der Waals surface area contributed by atoms with E-state index in [2.05, 4.69) is 12.2 Å². The van der Waals surface area contributed by atoms with E-state index >= 15 is 0 Å². The maximum Gasteiger partial charge on any atom is 0.251 e. The number of hydrogen-bond donors (Lipinski definition) is 1. The third-order valence-electron chi connectivity index (χ3n) is 5.19. The van der Waals surface area contributed by atoms with Crippen molar-refractivity contribution in [2.75, 3.05) is 19.6 Å². The highest BCUT2D eigenvalue weighted by atomic mass is 32.2. The van der Waals surface area contributed by atoms with Gasteiger partial charge in [0.25, 0.3) is 5.91 Å². The van der Waals surface area contributed by atoms with Crippen LogP contribution in [-0.2, 0) is 16.4 Å². The molecule has 5 nitrogen and oxygen atoms in total. The van der Waals surface area contributed by atoms with Crippen LogP contribution in [0.2, 0.25) is 0 Å². The fourth-order valence-corrected chi connectivity index (χ4v) is 5.27. The molecule has 1 aromatic rings. The Morgan fingerprint density at radius 2 is 1.76 bits per heavy atom. The highest BCUT2D eigenvalue weighted by molar-refractivity contribution is 7.90. The summed E-state index contributed by atoms with van der Waals surface area (Å²) in [6.07, 6.45) is 5.40. The summed E-state index contributed by atoms with van der Waals surface area (Å²) in [5.41, 5.74) is 1.94. The molecule has 2 aliphatic rings. The van der Waals surface area contributed by atoms with Crippen LogP contribution in [0.5, 0.6) is 0 Å². The molecule has 0 radical (unpaired) electrons. The van der Waals surface area contributed by atoms with Gasteiger partial charge in [-0.05, 0) is 55.7 Å². The number of nitrogens with zero attached hydrogens (tertiary/aromatic N) is 1. The summed E-state index contributed by atoms with van der Waals surface area (Å²) in [5.74, 6) is 0.310. The Morgan fingerprint density at radius 1 is 1.12 bits per heavy atom. The van der Waals surface area contributed by atoms with Crippen molar-refractivity contribution < 1.29 is 13.2 Å². The van der Waals surface area contributed by atoms with E-state index in [0.717, 1.165) is 38.5 Å². The minimum absolute atomic E-state index is 0.0453. The lowest BCUT2D eigenvalue weighted by molar-refractivity contribution is 0.0941. The number of sulfonamides is 1. The first-order valence-corrected chi connectivity index (χ1v) is 10.9. The molecule has 138 valence electrons. The lowest BCUT2D eigenvalue weighted by atomic mass is 9.98. The second kappa shape index (κ2) is 7.87. The largest absolute Gasteiger partial charge is 0.352 e. The van der Waals surface area contributed by atoms with Crippen LogP contribution in [0.15, 0.2) is 24.3 Å². The first kappa shape index (κ1) is 18.4. The summed E-state index contributed by atoms with van der Waals surface area (Å²) in [6.45, 7) is 3.94. The van der Waals surface area contributed by atoms with Crippen LogP contribution in [-0.4, -0.2) is 43.5 Å². The van der Waals surface area contributed by atoms with Crippen molar-refractivity contribution in [2.45, 2.75) is 50.7 Å². The Labute approximate surface area is 150 Å². The van der Waals surface area contributed by atoms with Crippen LogP contribution in [0, 0.1) is 5.92 Å². The first-order chi connectivity index (χ1) is 12.0. The standard InChI is InChI=1S/C19H28N2O3S/c1-2-3-15-4-6-17(7-5-15)19(22)20-14-16-10-12-21(13-11-16)25(23,24)18-8-9-18/h4-7,16,18H,2-3,8-14H2,1H3,(H,20,22). The number of hydrogen-bond acceptors (Lipinski definition) is 3. The molecule has 1 N–H and O–H groups in total. The van der Waals surface area contributed by atoms with E-state index in [1.54, 1.807) is 4.31 Å². The zero-order valence-corrected chi connectivity index (χ0v) is 15.7. The molecule has 1 saturated carbocycles. The van der Waals surface area contributed by atoms with Crippen molar-refractivity contribution in [2.24, 2.45) is 5.92 Å². The molecular weight excluding hydrogens is 336 g/mol. The Morgan fingerprint density at radius 3 is 2.32 bits per heavy atom. The van der Waals surface area contributed by atoms with Crippen molar-refractivity contribution in [3.63, 3.8) is 0 Å². The molecule has 3 rings (SSSR count). The zero-order valence-electron chi connectivity index (χ0n) is 14.9. The second-order valence-electron chi connectivity index (χ2n) is 7.24. The number of carbonyl (C=O) groups excluding carboxylic acids is 1. The summed E-state index contributed by atoms with van der Waals surface area (Å²) in [7, 11) is -3.05. The zero-order chi connectivity index (χ0) is 17.9. The topological polar surface area (TPSA) is 66.5 Å². The SMILES string of the molecule is CCCc1ccc(C(=O)NCC2CCN(S(=O)(=O)C3CC3)CC2)cc1. The molecule has 1 saturated heterocycles. The predicted octanol–water partition coefficient (Wildman–Crippen LogP) is 2.57. The number of benzene rings is 1. The van der Waals surface area contributed by atoms with Gasteiger partial charge in [0.1, 0.15) is 0 Å². The van der Waals surface area contributed by atoms with Gasteiger partial charge >= 0.3 is 0 Å². The summed E-state index contributed by atoms with van der Waals surface area (Å²) in [6, 6.07) is 7.79. The van der Waals surface area contributed by atoms with Crippen LogP contribution >= 0.6 is 0 Å². The molecule has 1 aliphatic carbocycles. The summed E-state index contributed by atoms with van der Waals surface area (Å²) in [4.78, 5) is 12.3. The highest BCUT2D eigenvalue weighted by Crippen LogP contribution is 2.33. The molecule has 0 atom stereocenters. The Hall–Kier alpha value is -1.40. The van der Waals surface area contributed by atoms with Gasteiger partial charge in [-0.3, -0.25) is 4.79 Å². The third-order valence-corrected chi connectivity index (χ3v) is 7.58. The summed E-state index contributed by atoms with van der Waals surface area (Å²) in [5, 5.41) is 2.88. The summed E-state index contributed by atoms with van der Waals surface area (Å²) < 4.78 is 26.1. The molecule has 1 amide bonds. The molecule has 1 heterocycles. The molecule has 6 heteroatoms. The molecule has 0 spiro atoms. The lowest BCUT2D eigenvalue weighted by Crippen LogP contribution is -2.42. The van der Waals surface area contributed by atoms with Crippen LogP contribution in [0.25, 0.3) is 0 Å². The van der Waals surface area contributed by atoms with Gasteiger partial charge in [-0.25, -0.2) is 12.7 Å². The van der Waals surface area contributed by atoms with E-state index in [1.807, 2.05) is 24.3 Å². The Bertz CT molecular complexity index is 688. The predicted molar refractivity (Wildman–Crippen MR) is 99.0 cm³/mol. The van der Waals surface area contributed by atoms with Gasteiger partial charge in [-0.1, -0.05) is 25.5 Å². The molecule has 2 fully saturated rings. The molecular formula is C19H28N2O3S. The van der Waals surface area contributed by atoms with Crippen molar-refractivity contribution in [1.82, 2.24) is 9.62 Å². The monoisotopic (exact) mass is 364 g/mol. The van der Waals surface area contributed by atoms with Crippen LogP contribution < -0.4 is 5.32 Å². The van der Waals surface area contributed by atoms with Gasteiger partial charge < -0.3 is 5.32 Å². The number of amides is 1. The quantitative estimate of drug-likeness (QED) is 0.809. The molecule has 0 bridgehead atoms. The molecule has 1 aliphatic heterocycles. The lowest BCUT2D eigenvalue weighted by Gasteiger charge is -2.31. The van der Waals surface area contributed by atoms with E-state index in [4.69, 9.17) is 0 Å². The van der Waals surface area contributed by atoms with Crippen LogP contribution in [0.3, 0.4) is 0 Å². The molecule has 0 aromatic heterocycles. The average molecular weight is 365 g/mol. The van der Waals surface area contributed by atoms with Crippen molar-refractivity contribution >= 4 is 15.9 Å². The van der Waals surface area contributed by atoms with E-state index in [-0.39, 0.29) is 11.2 Å². The van der Waals surface area contributed by atoms with Crippen molar-refractivity contribution in [3.05, 3.63) is 35.4 Å². The van der Waals surface area contributed by atoms with Crippen LogP contribution in [0.4, 0.5) is 0 Å². The number of aryl methyl sites for hydroxylation is 1. The molecule has 0 unspecified atom stereocenters. The smallest absolute Gasteiger partial charge is 0.251 e. The summed E-state index contributed by atoms with van der Waals surface area (Å²) >= 11 is 0. The average Bonchev–Trinajstić information content (AvgIpc) is 3.47. The van der Waals surface area contributed by atoms with Crippen molar-refractivity contribution in [1.29, 1.82) is 0 Å². The fraction of sp³-hybridized carbons (Fsp3) is 0.632. The third kappa shape index (κ3) is 4.61. The fourth-order valence-electron chi connectivity index (χ4n) is 3.40. The highest BCUT2D eigenvalue weighted by Gasteiger charge is 2.41. The second-order valence-corrected chi connectivity index (χ2v) is 9.46. The van der Waals surface area contributed by atoms with Gasteiger partial charge in [-0.2, -0.15) is 0 Å². The van der Waals surface area contributed by atoms with Gasteiger partial charge in [-0.15, -0.1) is 0 Å². The Balaban J connectivity index is 1.44. The Kier molecular flexibility index (Phi) is 5.79. The maximum atomic E-state index is 12.3. The first-order valence-electron chi connectivity index (χ1n) is 9.37. The number of rotatable bonds is 7. The minimum atomic E-state index is -3.05. The number of carbonyl (C=O) groups is 1. The van der Waals surface area contributed by atoms with Crippen molar-refractivity contribution in [3.8, 4) is 0 Å². The molecule has 1 aromatic carbocycles. The van der Waals surface area contributed by atoms with E-state index in [9.17, 15) is 13.2 Å². The van der Waals surface area contributed by atoms with Gasteiger partial charge in [0.2, 0.25) is 10.0 Å². The van der Waals surface area contributed by atoms with E-state index in [1.165, 1.54) is 5.56 Å². The van der Waals surface area contributed by atoms with Gasteiger partial charge in [0.05, 0.1) is 5.25 Å². The number of nitrogens with one attached hydrogen (secondary N) is 1. The van der Waals surface area contributed by atoms with E-state index < -0.39 is 10.0 Å². The minimum Gasteiger partial charge on any atom is -0.352 e. The number of piperidine rings is 1. The van der Waals surface area contributed by atoms with E-state index in [0.29, 0.717) is 31.1 Å². The molecule has 25 heavy (non-hydrogen) atoms. The van der Waals surface area contributed by atoms with Gasteiger partial charge in [0.15, 0.2) is 0 Å². The van der Waals surface area contributed by atoms with Crippen LogP contribution in [0.1, 0.15) is 54.9 Å².